The van der Waals surface area contributed by atoms with Crippen molar-refractivity contribution in [2.45, 2.75) is 0 Å². The van der Waals surface area contributed by atoms with Crippen molar-refractivity contribution in [3.63, 3.8) is 0 Å². The maximum Gasteiger partial charge on any atom is 0.131 e. The van der Waals surface area contributed by atoms with Crippen molar-refractivity contribution in [2.24, 2.45) is 0 Å². The number of ether oxygens (including phenoxy) is 2. The fourth-order valence-corrected chi connectivity index (χ4v) is 2.42. The fraction of sp³-hybridized carbons (Fsp3) is 0.111. The first-order valence-corrected chi connectivity index (χ1v) is 7.22. The Labute approximate surface area is 138 Å². The molecular formula is C18H15N2O4-. The number of methoxy groups -OCH3 is 2. The summed E-state index contributed by atoms with van der Waals surface area (Å²) in [4.78, 5) is 18.5. The highest BCUT2D eigenvalue weighted by atomic mass is 16.5. The maximum absolute atomic E-state index is 11.1. The number of carboxylic acid groups (broad SMARTS) is 1. The highest BCUT2D eigenvalue weighted by molar-refractivity contribution is 6.00. The fourth-order valence-electron chi connectivity index (χ4n) is 2.42. The third kappa shape index (κ3) is 2.94. The van der Waals surface area contributed by atoms with Crippen molar-refractivity contribution in [3.8, 4) is 11.5 Å². The maximum atomic E-state index is 11.1. The third-order valence-electron chi connectivity index (χ3n) is 3.61. The largest absolute Gasteiger partial charge is 0.545 e. The van der Waals surface area contributed by atoms with E-state index < -0.39 is 5.97 Å². The molecular weight excluding hydrogens is 308 g/mol. The van der Waals surface area contributed by atoms with E-state index in [1.165, 1.54) is 6.07 Å². The number of aromatic nitrogens is 2. The van der Waals surface area contributed by atoms with Crippen molar-refractivity contribution in [1.29, 1.82) is 0 Å². The number of aromatic amines is 1. The number of hydrogen-bond acceptors (Lipinski definition) is 5. The molecule has 0 aliphatic carbocycles. The number of H-pyrrole nitrogens is 1. The van der Waals surface area contributed by atoms with E-state index in [4.69, 9.17) is 9.47 Å². The van der Waals surface area contributed by atoms with Gasteiger partial charge in [-0.15, -0.1) is 0 Å². The molecule has 0 bridgehead atoms. The summed E-state index contributed by atoms with van der Waals surface area (Å²) in [5, 5.41) is 11.1. The standard InChI is InChI=1S/C18H16N2O4/c1-23-12-8-6-11(15(10-12)24-2)7-9-16-19-14-5-3-4-13(18(21)22)17(14)20-16/h3-10H,1-2H3,(H,19,20)(H,21,22)/p-1/b9-7+. The molecule has 0 saturated heterocycles. The lowest BCUT2D eigenvalue weighted by Crippen LogP contribution is -2.22. The molecule has 0 fully saturated rings. The van der Waals surface area contributed by atoms with Crippen LogP contribution < -0.4 is 14.6 Å². The molecule has 0 spiro atoms. The Morgan fingerprint density at radius 2 is 2.00 bits per heavy atom. The normalized spacial score (nSPS) is 11.1. The third-order valence-corrected chi connectivity index (χ3v) is 3.61. The molecule has 3 aromatic rings. The van der Waals surface area contributed by atoms with Crippen molar-refractivity contribution < 1.29 is 19.4 Å². The molecule has 0 aliphatic heterocycles. The Bertz CT molecular complexity index is 928. The van der Waals surface area contributed by atoms with Crippen molar-refractivity contribution in [1.82, 2.24) is 9.97 Å². The smallest absolute Gasteiger partial charge is 0.131 e. The number of para-hydroxylation sites is 1. The second-order valence-corrected chi connectivity index (χ2v) is 5.05. The van der Waals surface area contributed by atoms with Gasteiger partial charge in [0.05, 0.1) is 31.2 Å². The second-order valence-electron chi connectivity index (χ2n) is 5.05. The number of carboxylic acids is 1. The summed E-state index contributed by atoms with van der Waals surface area (Å²) in [5.74, 6) is 0.652. The second kappa shape index (κ2) is 6.45. The molecule has 0 atom stereocenters. The van der Waals surface area contributed by atoms with E-state index in [0.29, 0.717) is 28.4 Å². The Morgan fingerprint density at radius 3 is 2.71 bits per heavy atom. The molecule has 0 radical (unpaired) electrons. The van der Waals surface area contributed by atoms with Gasteiger partial charge in [0.1, 0.15) is 17.3 Å². The summed E-state index contributed by atoms with van der Waals surface area (Å²) >= 11 is 0. The van der Waals surface area contributed by atoms with E-state index in [0.717, 1.165) is 5.56 Å². The van der Waals surface area contributed by atoms with Gasteiger partial charge in [-0.1, -0.05) is 12.1 Å². The van der Waals surface area contributed by atoms with E-state index in [2.05, 4.69) is 9.97 Å². The van der Waals surface area contributed by atoms with E-state index in [1.807, 2.05) is 18.2 Å². The minimum Gasteiger partial charge on any atom is -0.545 e. The van der Waals surface area contributed by atoms with Crippen LogP contribution in [-0.4, -0.2) is 30.2 Å². The highest BCUT2D eigenvalue weighted by Gasteiger charge is 2.07. The number of benzene rings is 2. The number of carbonyl (C=O) groups is 1. The van der Waals surface area contributed by atoms with Crippen LogP contribution in [0, 0.1) is 0 Å². The van der Waals surface area contributed by atoms with Crippen molar-refractivity contribution in [3.05, 3.63) is 53.3 Å². The molecule has 122 valence electrons. The molecule has 0 aliphatic rings. The number of fused-ring (bicyclic) bond motifs is 1. The van der Waals surface area contributed by atoms with Crippen molar-refractivity contribution in [2.75, 3.05) is 14.2 Å². The average molecular weight is 323 g/mol. The number of nitrogens with zero attached hydrogens (tertiary/aromatic N) is 1. The van der Waals surface area contributed by atoms with Gasteiger partial charge >= 0.3 is 0 Å². The molecule has 1 heterocycles. The Kier molecular flexibility index (Phi) is 4.20. The lowest BCUT2D eigenvalue weighted by molar-refractivity contribution is -0.254. The number of hydrogen-bond donors (Lipinski definition) is 1. The first-order chi connectivity index (χ1) is 11.6. The van der Waals surface area contributed by atoms with Gasteiger partial charge in [-0.25, -0.2) is 4.98 Å². The van der Waals surface area contributed by atoms with E-state index in [-0.39, 0.29) is 5.56 Å². The summed E-state index contributed by atoms with van der Waals surface area (Å²) in [6.45, 7) is 0. The van der Waals surface area contributed by atoms with E-state index in [1.54, 1.807) is 38.5 Å². The summed E-state index contributed by atoms with van der Waals surface area (Å²) < 4.78 is 10.5. The molecule has 0 unspecified atom stereocenters. The van der Waals surface area contributed by atoms with Gasteiger partial charge in [0.15, 0.2) is 0 Å². The first-order valence-electron chi connectivity index (χ1n) is 7.22. The zero-order valence-electron chi connectivity index (χ0n) is 13.2. The summed E-state index contributed by atoms with van der Waals surface area (Å²) in [6, 6.07) is 10.4. The number of aromatic carboxylic acids is 1. The van der Waals surface area contributed by atoms with Crippen LogP contribution in [0.5, 0.6) is 11.5 Å². The van der Waals surface area contributed by atoms with Crippen LogP contribution in [0.1, 0.15) is 21.7 Å². The molecule has 1 N–H and O–H groups in total. The number of imidazole rings is 1. The summed E-state index contributed by atoms with van der Waals surface area (Å²) in [7, 11) is 3.17. The Balaban J connectivity index is 1.96. The van der Waals surface area contributed by atoms with Crippen LogP contribution in [0.4, 0.5) is 0 Å². The summed E-state index contributed by atoms with van der Waals surface area (Å²) in [5.41, 5.74) is 1.92. The van der Waals surface area contributed by atoms with Gasteiger partial charge in [0.2, 0.25) is 0 Å². The van der Waals surface area contributed by atoms with Gasteiger partial charge in [-0.05, 0) is 30.4 Å². The molecule has 0 saturated carbocycles. The highest BCUT2D eigenvalue weighted by Crippen LogP contribution is 2.26. The minimum atomic E-state index is -1.25. The first kappa shape index (κ1) is 15.6. The molecule has 3 rings (SSSR count). The summed E-state index contributed by atoms with van der Waals surface area (Å²) in [6.07, 6.45) is 3.58. The van der Waals surface area contributed by atoms with Crippen LogP contribution in [-0.2, 0) is 0 Å². The van der Waals surface area contributed by atoms with Gasteiger partial charge in [-0.3, -0.25) is 0 Å². The van der Waals surface area contributed by atoms with Gasteiger partial charge in [0.25, 0.3) is 0 Å². The SMILES string of the molecule is COc1ccc(/C=C/c2nc3c(C(=O)[O-])cccc3[nH]2)c(OC)c1. The van der Waals surface area contributed by atoms with Gasteiger partial charge in [-0.2, -0.15) is 0 Å². The molecule has 2 aromatic carbocycles. The Hall–Kier alpha value is -3.28. The predicted molar refractivity (Wildman–Crippen MR) is 88.9 cm³/mol. The number of carbonyl (C=O) groups excluding carboxylic acids is 1. The van der Waals surface area contributed by atoms with Crippen LogP contribution in [0.15, 0.2) is 36.4 Å². The molecule has 1 aromatic heterocycles. The quantitative estimate of drug-likeness (QED) is 0.777. The number of nitrogens with one attached hydrogen (secondary N) is 1. The van der Waals surface area contributed by atoms with Gasteiger partial charge in [0, 0.05) is 17.2 Å². The lowest BCUT2D eigenvalue weighted by atomic mass is 10.1. The van der Waals surface area contributed by atoms with Crippen molar-refractivity contribution >= 4 is 29.2 Å². The molecule has 0 amide bonds. The topological polar surface area (TPSA) is 87.3 Å². The lowest BCUT2D eigenvalue weighted by Gasteiger charge is -2.06. The van der Waals surface area contributed by atoms with Crippen LogP contribution in [0.2, 0.25) is 0 Å². The van der Waals surface area contributed by atoms with Crippen LogP contribution in [0.25, 0.3) is 23.2 Å². The van der Waals surface area contributed by atoms with Gasteiger partial charge < -0.3 is 24.4 Å². The predicted octanol–water partition coefficient (Wildman–Crippen LogP) is 2.11. The molecule has 24 heavy (non-hydrogen) atoms. The molecule has 6 nitrogen and oxygen atoms in total. The van der Waals surface area contributed by atoms with E-state index >= 15 is 0 Å². The average Bonchev–Trinajstić information content (AvgIpc) is 3.02. The monoisotopic (exact) mass is 323 g/mol. The van der Waals surface area contributed by atoms with Crippen LogP contribution in [0.3, 0.4) is 0 Å². The van der Waals surface area contributed by atoms with Crippen LogP contribution >= 0.6 is 0 Å². The molecule has 6 heteroatoms. The number of rotatable bonds is 5. The van der Waals surface area contributed by atoms with E-state index in [9.17, 15) is 9.90 Å². The zero-order valence-corrected chi connectivity index (χ0v) is 13.2. The minimum absolute atomic E-state index is 0.0606. The zero-order chi connectivity index (χ0) is 17.1. The Morgan fingerprint density at radius 1 is 1.17 bits per heavy atom.